The molecule has 8 heteroatoms. The van der Waals surface area contributed by atoms with E-state index in [2.05, 4.69) is 15.5 Å². The molecular formula is C15H18N4O4. The topological polar surface area (TPSA) is 89.7 Å². The second-order valence-electron chi connectivity index (χ2n) is 5.40. The Bertz CT molecular complexity index is 713. The van der Waals surface area contributed by atoms with E-state index in [0.29, 0.717) is 24.1 Å². The van der Waals surface area contributed by atoms with Crippen molar-refractivity contribution in [1.82, 2.24) is 20.4 Å². The first-order valence-corrected chi connectivity index (χ1v) is 7.15. The number of ether oxygens (including phenoxy) is 2. The Balaban J connectivity index is 1.79. The molecule has 23 heavy (non-hydrogen) atoms. The number of methoxy groups -OCH3 is 1. The van der Waals surface area contributed by atoms with Crippen LogP contribution in [-0.4, -0.2) is 48.9 Å². The number of nitrogens with zero attached hydrogens (tertiary/aromatic N) is 3. The zero-order valence-corrected chi connectivity index (χ0v) is 13.2. The SMILES string of the molecule is COCc1nc(-c2ccc3c(c2)OCC3NC(=O)N(C)C)no1. The van der Waals surface area contributed by atoms with Gasteiger partial charge in [-0.25, -0.2) is 4.79 Å². The summed E-state index contributed by atoms with van der Waals surface area (Å²) in [7, 11) is 4.96. The number of urea groups is 1. The minimum absolute atomic E-state index is 0.155. The highest BCUT2D eigenvalue weighted by molar-refractivity contribution is 5.74. The Morgan fingerprint density at radius 2 is 2.30 bits per heavy atom. The van der Waals surface area contributed by atoms with E-state index in [1.54, 1.807) is 21.2 Å². The molecule has 1 atom stereocenters. The van der Waals surface area contributed by atoms with Crippen molar-refractivity contribution in [2.75, 3.05) is 27.8 Å². The highest BCUT2D eigenvalue weighted by Crippen LogP contribution is 2.35. The summed E-state index contributed by atoms with van der Waals surface area (Å²) in [6.07, 6.45) is 0. The van der Waals surface area contributed by atoms with Crippen LogP contribution in [0.3, 0.4) is 0 Å². The zero-order chi connectivity index (χ0) is 16.4. The second-order valence-corrected chi connectivity index (χ2v) is 5.40. The molecule has 1 aliphatic rings. The zero-order valence-electron chi connectivity index (χ0n) is 13.2. The van der Waals surface area contributed by atoms with E-state index < -0.39 is 0 Å². The smallest absolute Gasteiger partial charge is 0.317 e. The maximum atomic E-state index is 11.8. The predicted octanol–water partition coefficient (Wildman–Crippen LogP) is 1.59. The number of rotatable bonds is 4. The number of nitrogens with one attached hydrogen (secondary N) is 1. The molecule has 2 aromatic rings. The minimum Gasteiger partial charge on any atom is -0.491 e. The Labute approximate surface area is 133 Å². The van der Waals surface area contributed by atoms with Gasteiger partial charge >= 0.3 is 6.03 Å². The molecule has 1 N–H and O–H groups in total. The molecule has 3 rings (SSSR count). The monoisotopic (exact) mass is 318 g/mol. The van der Waals surface area contributed by atoms with E-state index >= 15 is 0 Å². The number of hydrogen-bond acceptors (Lipinski definition) is 6. The van der Waals surface area contributed by atoms with Crippen molar-refractivity contribution in [3.8, 4) is 17.1 Å². The van der Waals surface area contributed by atoms with E-state index in [4.69, 9.17) is 14.0 Å². The summed E-state index contributed by atoms with van der Waals surface area (Å²) >= 11 is 0. The van der Waals surface area contributed by atoms with Gasteiger partial charge in [-0.1, -0.05) is 17.3 Å². The van der Waals surface area contributed by atoms with Crippen molar-refractivity contribution < 1.29 is 18.8 Å². The molecular weight excluding hydrogens is 300 g/mol. The lowest BCUT2D eigenvalue weighted by Gasteiger charge is -2.16. The largest absolute Gasteiger partial charge is 0.491 e. The fourth-order valence-corrected chi connectivity index (χ4v) is 2.30. The van der Waals surface area contributed by atoms with Crippen molar-refractivity contribution in [1.29, 1.82) is 0 Å². The van der Waals surface area contributed by atoms with Crippen LogP contribution in [0.25, 0.3) is 11.4 Å². The number of carbonyl (C=O) groups excluding carboxylic acids is 1. The first-order valence-electron chi connectivity index (χ1n) is 7.15. The standard InChI is InChI=1S/C15H18N4O4/c1-19(2)15(20)16-11-7-22-12-6-9(4-5-10(11)12)14-17-13(8-21-3)23-18-14/h4-6,11H,7-8H2,1-3H3,(H,16,20). The van der Waals surface area contributed by atoms with Crippen molar-refractivity contribution in [2.45, 2.75) is 12.6 Å². The Hall–Kier alpha value is -2.61. The van der Waals surface area contributed by atoms with Crippen LogP contribution < -0.4 is 10.1 Å². The molecule has 2 heterocycles. The normalized spacial score (nSPS) is 15.9. The van der Waals surface area contributed by atoms with Gasteiger partial charge in [-0.15, -0.1) is 0 Å². The second kappa shape index (κ2) is 6.25. The molecule has 0 saturated heterocycles. The van der Waals surface area contributed by atoms with Crippen molar-refractivity contribution >= 4 is 6.03 Å². The van der Waals surface area contributed by atoms with E-state index in [0.717, 1.165) is 11.1 Å². The van der Waals surface area contributed by atoms with Gasteiger partial charge < -0.3 is 24.2 Å². The number of fused-ring (bicyclic) bond motifs is 1. The van der Waals surface area contributed by atoms with Crippen LogP contribution >= 0.6 is 0 Å². The van der Waals surface area contributed by atoms with Crippen LogP contribution in [-0.2, 0) is 11.3 Å². The lowest BCUT2D eigenvalue weighted by molar-refractivity contribution is 0.151. The van der Waals surface area contributed by atoms with Crippen molar-refractivity contribution in [2.24, 2.45) is 0 Å². The van der Waals surface area contributed by atoms with E-state index in [9.17, 15) is 4.79 Å². The van der Waals surface area contributed by atoms with Crippen molar-refractivity contribution in [3.05, 3.63) is 29.7 Å². The van der Waals surface area contributed by atoms with E-state index in [1.807, 2.05) is 18.2 Å². The highest BCUT2D eigenvalue weighted by Gasteiger charge is 2.27. The van der Waals surface area contributed by atoms with Crippen molar-refractivity contribution in [3.63, 3.8) is 0 Å². The predicted molar refractivity (Wildman–Crippen MR) is 80.9 cm³/mol. The Morgan fingerprint density at radius 1 is 1.48 bits per heavy atom. The lowest BCUT2D eigenvalue weighted by Crippen LogP contribution is -2.37. The fourth-order valence-electron chi connectivity index (χ4n) is 2.30. The molecule has 2 amide bonds. The molecule has 0 bridgehead atoms. The van der Waals surface area contributed by atoms with Gasteiger partial charge in [0.1, 0.15) is 19.0 Å². The van der Waals surface area contributed by atoms with Gasteiger partial charge in [0.2, 0.25) is 5.82 Å². The van der Waals surface area contributed by atoms with Crippen LogP contribution in [0.1, 0.15) is 17.5 Å². The number of carbonyl (C=O) groups is 1. The molecule has 8 nitrogen and oxygen atoms in total. The molecule has 1 aromatic heterocycles. The average Bonchev–Trinajstić information content (AvgIpc) is 3.14. The van der Waals surface area contributed by atoms with Gasteiger partial charge in [0.25, 0.3) is 5.89 Å². The first kappa shape index (κ1) is 15.3. The average molecular weight is 318 g/mol. The maximum Gasteiger partial charge on any atom is 0.317 e. The third-order valence-electron chi connectivity index (χ3n) is 3.49. The van der Waals surface area contributed by atoms with Crippen LogP contribution in [0.4, 0.5) is 4.79 Å². The van der Waals surface area contributed by atoms with Gasteiger partial charge in [0, 0.05) is 32.3 Å². The van der Waals surface area contributed by atoms with Crippen LogP contribution in [0, 0.1) is 0 Å². The van der Waals surface area contributed by atoms with Gasteiger partial charge in [-0.2, -0.15) is 4.98 Å². The molecule has 0 spiro atoms. The summed E-state index contributed by atoms with van der Waals surface area (Å²) in [6, 6.07) is 5.31. The number of amides is 2. The molecule has 1 unspecified atom stereocenters. The van der Waals surface area contributed by atoms with Gasteiger partial charge in [-0.3, -0.25) is 0 Å². The molecule has 0 radical (unpaired) electrons. The first-order chi connectivity index (χ1) is 11.1. The van der Waals surface area contributed by atoms with Crippen LogP contribution in [0.2, 0.25) is 0 Å². The number of hydrogen-bond donors (Lipinski definition) is 1. The van der Waals surface area contributed by atoms with Gasteiger partial charge in [0.05, 0.1) is 6.04 Å². The highest BCUT2D eigenvalue weighted by atomic mass is 16.5. The molecule has 0 saturated carbocycles. The van der Waals surface area contributed by atoms with E-state index in [1.165, 1.54) is 4.90 Å². The summed E-state index contributed by atoms with van der Waals surface area (Å²) < 4.78 is 15.7. The number of benzene rings is 1. The quantitative estimate of drug-likeness (QED) is 0.920. The summed E-state index contributed by atoms with van der Waals surface area (Å²) in [5.41, 5.74) is 1.72. The Kier molecular flexibility index (Phi) is 4.16. The van der Waals surface area contributed by atoms with Crippen LogP contribution in [0.5, 0.6) is 5.75 Å². The number of aromatic nitrogens is 2. The lowest BCUT2D eigenvalue weighted by atomic mass is 10.1. The third-order valence-corrected chi connectivity index (χ3v) is 3.49. The summed E-state index contributed by atoms with van der Waals surface area (Å²) in [5.74, 6) is 1.61. The molecule has 1 aromatic carbocycles. The van der Waals surface area contributed by atoms with E-state index in [-0.39, 0.29) is 18.7 Å². The molecule has 0 fully saturated rings. The van der Waals surface area contributed by atoms with Gasteiger partial charge in [-0.05, 0) is 6.07 Å². The van der Waals surface area contributed by atoms with Crippen LogP contribution in [0.15, 0.2) is 22.7 Å². The fraction of sp³-hybridized carbons (Fsp3) is 0.400. The summed E-state index contributed by atoms with van der Waals surface area (Å²) in [5, 5.41) is 6.83. The molecule has 0 aliphatic carbocycles. The molecule has 122 valence electrons. The Morgan fingerprint density at radius 3 is 3.04 bits per heavy atom. The molecule has 1 aliphatic heterocycles. The van der Waals surface area contributed by atoms with Gasteiger partial charge in [0.15, 0.2) is 0 Å². The summed E-state index contributed by atoms with van der Waals surface area (Å²) in [4.78, 5) is 17.5. The third kappa shape index (κ3) is 3.11. The minimum atomic E-state index is -0.164. The summed E-state index contributed by atoms with van der Waals surface area (Å²) in [6.45, 7) is 0.673. The maximum absolute atomic E-state index is 11.8.